The third-order valence-corrected chi connectivity index (χ3v) is 4.26. The molecule has 0 radical (unpaired) electrons. The lowest BCUT2D eigenvalue weighted by molar-refractivity contribution is -0.274. The molecule has 0 amide bonds. The number of hydrogen-bond acceptors (Lipinski definition) is 4. The minimum atomic E-state index is -4.74. The number of anilines is 2. The SMILES string of the molecule is C=C1C=CC(c2ccc(N[SH](=O)=O)cc2)=CN1c1ccc(OC(F)(F)F)cc1. The van der Waals surface area contributed by atoms with Gasteiger partial charge in [0.25, 0.3) is 0 Å². The van der Waals surface area contributed by atoms with Crippen LogP contribution in [-0.2, 0) is 10.9 Å². The summed E-state index contributed by atoms with van der Waals surface area (Å²) in [4.78, 5) is 1.73. The maximum atomic E-state index is 12.3. The van der Waals surface area contributed by atoms with E-state index in [1.54, 1.807) is 41.4 Å². The van der Waals surface area contributed by atoms with Crippen molar-refractivity contribution in [2.24, 2.45) is 0 Å². The highest BCUT2D eigenvalue weighted by Crippen LogP contribution is 2.31. The zero-order chi connectivity index (χ0) is 20.3. The molecular weight excluding hydrogens is 393 g/mol. The minimum Gasteiger partial charge on any atom is -0.406 e. The van der Waals surface area contributed by atoms with Gasteiger partial charge in [0.05, 0.1) is 0 Å². The van der Waals surface area contributed by atoms with E-state index in [2.05, 4.69) is 16.0 Å². The number of nitrogens with zero attached hydrogens (tertiary/aromatic N) is 1. The van der Waals surface area contributed by atoms with Crippen LogP contribution in [-0.4, -0.2) is 14.8 Å². The second-order valence-electron chi connectivity index (χ2n) is 5.77. The normalized spacial score (nSPS) is 14.2. The second-order valence-corrected chi connectivity index (χ2v) is 6.50. The number of nitrogens with one attached hydrogen (secondary N) is 1. The summed E-state index contributed by atoms with van der Waals surface area (Å²) in [5, 5.41) is 0. The van der Waals surface area contributed by atoms with Gasteiger partial charge < -0.3 is 9.64 Å². The highest BCUT2D eigenvalue weighted by molar-refractivity contribution is 7.73. The number of ether oxygens (including phenoxy) is 1. The first kappa shape index (κ1) is 19.6. The van der Waals surface area contributed by atoms with E-state index in [-0.39, 0.29) is 5.75 Å². The number of hydrogen-bond donors (Lipinski definition) is 2. The number of alkyl halides is 3. The van der Waals surface area contributed by atoms with Crippen molar-refractivity contribution in [3.63, 3.8) is 0 Å². The lowest BCUT2D eigenvalue weighted by Gasteiger charge is -2.25. The average molecular weight is 408 g/mol. The van der Waals surface area contributed by atoms with Crippen molar-refractivity contribution in [1.82, 2.24) is 0 Å². The molecule has 0 aromatic heterocycles. The van der Waals surface area contributed by atoms with Gasteiger partial charge >= 0.3 is 6.36 Å². The molecule has 0 unspecified atom stereocenters. The first-order chi connectivity index (χ1) is 13.2. The Morgan fingerprint density at radius 2 is 1.61 bits per heavy atom. The van der Waals surface area contributed by atoms with E-state index >= 15 is 0 Å². The predicted molar refractivity (Wildman–Crippen MR) is 102 cm³/mol. The van der Waals surface area contributed by atoms with E-state index in [9.17, 15) is 21.6 Å². The summed E-state index contributed by atoms with van der Waals surface area (Å²) < 4.78 is 64.5. The highest BCUT2D eigenvalue weighted by Gasteiger charge is 2.31. The first-order valence-corrected chi connectivity index (χ1v) is 9.14. The molecule has 1 aliphatic rings. The van der Waals surface area contributed by atoms with Crippen LogP contribution in [0.3, 0.4) is 0 Å². The Morgan fingerprint density at radius 3 is 2.18 bits per heavy atom. The lowest BCUT2D eigenvalue weighted by atomic mass is 10.0. The van der Waals surface area contributed by atoms with Crippen LogP contribution < -0.4 is 14.4 Å². The van der Waals surface area contributed by atoms with Crippen molar-refractivity contribution in [3.05, 3.63) is 84.7 Å². The Hall–Kier alpha value is -3.20. The number of rotatable bonds is 5. The quantitative estimate of drug-likeness (QED) is 0.718. The van der Waals surface area contributed by atoms with E-state index in [0.29, 0.717) is 17.1 Å². The van der Waals surface area contributed by atoms with Crippen LogP contribution in [0.25, 0.3) is 5.57 Å². The minimum absolute atomic E-state index is 0.307. The fraction of sp³-hybridized carbons (Fsp3) is 0.0526. The summed E-state index contributed by atoms with van der Waals surface area (Å²) in [6, 6.07) is 12.2. The van der Waals surface area contributed by atoms with Crippen molar-refractivity contribution in [2.45, 2.75) is 6.36 Å². The molecule has 0 saturated heterocycles. The van der Waals surface area contributed by atoms with Gasteiger partial charge in [-0.3, -0.25) is 4.72 Å². The molecule has 2 aromatic rings. The van der Waals surface area contributed by atoms with Crippen molar-refractivity contribution in [1.29, 1.82) is 0 Å². The summed E-state index contributed by atoms with van der Waals surface area (Å²) >= 11 is 0. The second kappa shape index (κ2) is 7.81. The fourth-order valence-corrected chi connectivity index (χ4v) is 2.95. The van der Waals surface area contributed by atoms with Crippen molar-refractivity contribution in [3.8, 4) is 5.75 Å². The molecule has 2 aromatic carbocycles. The molecule has 3 rings (SSSR count). The molecule has 9 heteroatoms. The van der Waals surface area contributed by atoms with Gasteiger partial charge in [-0.1, -0.05) is 24.8 Å². The molecule has 146 valence electrons. The summed E-state index contributed by atoms with van der Waals surface area (Å²) in [7, 11) is -2.74. The third-order valence-electron chi connectivity index (χ3n) is 3.82. The Balaban J connectivity index is 1.83. The number of halogens is 3. The van der Waals surface area contributed by atoms with E-state index in [4.69, 9.17) is 0 Å². The molecule has 1 N–H and O–H groups in total. The zero-order valence-corrected chi connectivity index (χ0v) is 15.2. The Morgan fingerprint density at radius 1 is 0.964 bits per heavy atom. The van der Waals surface area contributed by atoms with E-state index in [1.165, 1.54) is 24.3 Å². The molecule has 0 saturated carbocycles. The van der Waals surface area contributed by atoms with Crippen molar-refractivity contribution < 1.29 is 26.3 Å². The maximum absolute atomic E-state index is 12.3. The van der Waals surface area contributed by atoms with Crippen LogP contribution >= 0.6 is 0 Å². The molecule has 0 atom stereocenters. The van der Waals surface area contributed by atoms with Gasteiger partial charge in [-0.05, 0) is 53.6 Å². The first-order valence-electron chi connectivity index (χ1n) is 7.97. The molecule has 0 spiro atoms. The van der Waals surface area contributed by atoms with Gasteiger partial charge in [0, 0.05) is 23.3 Å². The monoisotopic (exact) mass is 408 g/mol. The smallest absolute Gasteiger partial charge is 0.406 e. The molecule has 1 heterocycles. The summed E-state index contributed by atoms with van der Waals surface area (Å²) in [5.74, 6) is -0.307. The Labute approximate surface area is 161 Å². The number of thiol groups is 1. The van der Waals surface area contributed by atoms with E-state index in [0.717, 1.165) is 11.1 Å². The summed E-state index contributed by atoms with van der Waals surface area (Å²) in [6.45, 7) is 3.93. The standard InChI is InChI=1S/C19H15F3N2O3S/c1-13-2-3-15(14-4-6-16(7-5-14)23-28(25)26)12-24(13)17-8-10-18(11-9-17)27-19(20,21)22/h2-12,28H,1H2,(H,23,25,26). The molecule has 1 aliphatic heterocycles. The Bertz CT molecular complexity index is 1000. The topological polar surface area (TPSA) is 58.6 Å². The van der Waals surface area contributed by atoms with Gasteiger partial charge in [-0.2, -0.15) is 0 Å². The zero-order valence-electron chi connectivity index (χ0n) is 14.3. The van der Waals surface area contributed by atoms with Crippen LogP contribution in [0, 0.1) is 0 Å². The summed E-state index contributed by atoms with van der Waals surface area (Å²) in [5.41, 5.74) is 3.35. The number of allylic oxidation sites excluding steroid dienone is 3. The van der Waals surface area contributed by atoms with Crippen LogP contribution in [0.4, 0.5) is 24.5 Å². The molecule has 28 heavy (non-hydrogen) atoms. The van der Waals surface area contributed by atoms with Gasteiger partial charge in [0.15, 0.2) is 0 Å². The van der Waals surface area contributed by atoms with Gasteiger partial charge in [0.1, 0.15) is 5.75 Å². The summed E-state index contributed by atoms with van der Waals surface area (Å²) in [6.07, 6.45) is 0.664. The molecular formula is C19H15F3N2O3S. The van der Waals surface area contributed by atoms with Crippen molar-refractivity contribution in [2.75, 3.05) is 9.62 Å². The van der Waals surface area contributed by atoms with E-state index < -0.39 is 17.3 Å². The predicted octanol–water partition coefficient (Wildman–Crippen LogP) is 4.45. The molecule has 0 aliphatic carbocycles. The highest BCUT2D eigenvalue weighted by atomic mass is 32.2. The van der Waals surface area contributed by atoms with Crippen LogP contribution in [0.5, 0.6) is 5.75 Å². The Kier molecular flexibility index (Phi) is 5.46. The largest absolute Gasteiger partial charge is 0.573 e. The molecule has 0 fully saturated rings. The maximum Gasteiger partial charge on any atom is 0.573 e. The van der Waals surface area contributed by atoms with Crippen molar-refractivity contribution >= 4 is 27.8 Å². The third kappa shape index (κ3) is 4.95. The van der Waals surface area contributed by atoms with Crippen LogP contribution in [0.2, 0.25) is 0 Å². The van der Waals surface area contributed by atoms with E-state index in [1.807, 2.05) is 6.08 Å². The number of benzene rings is 2. The van der Waals surface area contributed by atoms with Gasteiger partial charge in [-0.25, -0.2) is 8.42 Å². The van der Waals surface area contributed by atoms with Gasteiger partial charge in [-0.15, -0.1) is 13.2 Å². The van der Waals surface area contributed by atoms with Gasteiger partial charge in [0.2, 0.25) is 10.9 Å². The fourth-order valence-electron chi connectivity index (χ4n) is 2.59. The molecule has 5 nitrogen and oxygen atoms in total. The van der Waals surface area contributed by atoms with Crippen LogP contribution in [0.1, 0.15) is 5.56 Å². The lowest BCUT2D eigenvalue weighted by Crippen LogP contribution is -2.18. The average Bonchev–Trinajstić information content (AvgIpc) is 2.62. The molecule has 0 bridgehead atoms. The van der Waals surface area contributed by atoms with Crippen LogP contribution in [0.15, 0.2) is 79.2 Å².